The number of thioether (sulfide) groups is 1. The fraction of sp³-hybridized carbons (Fsp3) is 0.462. The molecule has 0 atom stereocenters. The summed E-state index contributed by atoms with van der Waals surface area (Å²) < 4.78 is 0.0887. The Kier molecular flexibility index (Phi) is 4.46. The van der Waals surface area contributed by atoms with E-state index in [1.54, 1.807) is 48.0 Å². The Bertz CT molecular complexity index is 381. The average Bonchev–Trinajstić information content (AvgIpc) is 2.25. The molecule has 0 aliphatic carbocycles. The lowest BCUT2D eigenvalue weighted by Gasteiger charge is -2.21. The number of anilines is 1. The monoisotopic (exact) mass is 253 g/mol. The molecule has 1 aromatic rings. The van der Waals surface area contributed by atoms with E-state index in [4.69, 9.17) is 0 Å². The molecule has 0 heterocycles. The summed E-state index contributed by atoms with van der Waals surface area (Å²) in [6, 6.07) is 6.62. The summed E-state index contributed by atoms with van der Waals surface area (Å²) in [5, 5.41) is 9.18. The number of phenols is 1. The second-order valence-electron chi connectivity index (χ2n) is 4.87. The molecular formula is C13H19NO2S. The molecule has 0 aliphatic rings. The van der Waals surface area contributed by atoms with Crippen LogP contribution in [0.4, 0.5) is 5.69 Å². The third kappa shape index (κ3) is 4.69. The van der Waals surface area contributed by atoms with Crippen molar-refractivity contribution < 1.29 is 9.90 Å². The smallest absolute Gasteiger partial charge is 0.236 e. The van der Waals surface area contributed by atoms with E-state index in [1.807, 2.05) is 0 Å². The Morgan fingerprint density at radius 1 is 1.29 bits per heavy atom. The zero-order chi connectivity index (χ0) is 13.1. The summed E-state index contributed by atoms with van der Waals surface area (Å²) >= 11 is 1.63. The Morgan fingerprint density at radius 3 is 2.29 bits per heavy atom. The Balaban J connectivity index is 2.61. The van der Waals surface area contributed by atoms with Crippen LogP contribution in [0.3, 0.4) is 0 Å². The fourth-order valence-electron chi connectivity index (χ4n) is 1.20. The number of aromatic hydroxyl groups is 1. The minimum Gasteiger partial charge on any atom is -0.508 e. The molecule has 0 saturated heterocycles. The topological polar surface area (TPSA) is 40.5 Å². The second-order valence-corrected chi connectivity index (χ2v) is 6.67. The first-order chi connectivity index (χ1) is 7.79. The zero-order valence-corrected chi connectivity index (χ0v) is 11.5. The van der Waals surface area contributed by atoms with Crippen LogP contribution in [-0.2, 0) is 4.79 Å². The first-order valence-corrected chi connectivity index (χ1v) is 6.48. The van der Waals surface area contributed by atoms with Gasteiger partial charge in [0.15, 0.2) is 0 Å². The van der Waals surface area contributed by atoms with E-state index < -0.39 is 0 Å². The summed E-state index contributed by atoms with van der Waals surface area (Å²) in [5.41, 5.74) is 0.794. The van der Waals surface area contributed by atoms with Crippen molar-refractivity contribution in [2.75, 3.05) is 17.7 Å². The highest BCUT2D eigenvalue weighted by atomic mass is 32.2. The summed E-state index contributed by atoms with van der Waals surface area (Å²) in [7, 11) is 1.75. The van der Waals surface area contributed by atoms with Crippen LogP contribution in [0.2, 0.25) is 0 Å². The van der Waals surface area contributed by atoms with E-state index >= 15 is 0 Å². The molecule has 0 bridgehead atoms. The normalized spacial score (nSPS) is 11.3. The van der Waals surface area contributed by atoms with Crippen molar-refractivity contribution in [1.82, 2.24) is 0 Å². The van der Waals surface area contributed by atoms with Gasteiger partial charge in [0.25, 0.3) is 0 Å². The molecule has 4 heteroatoms. The van der Waals surface area contributed by atoms with Gasteiger partial charge in [-0.2, -0.15) is 0 Å². The standard InChI is InChI=1S/C13H19NO2S/c1-13(2,3)17-9-12(16)14(4)10-5-7-11(15)8-6-10/h5-8,15H,9H2,1-4H3. The number of phenolic OH excluding ortho intramolecular Hbond substituents is 1. The summed E-state index contributed by atoms with van der Waals surface area (Å²) in [5.74, 6) is 0.732. The van der Waals surface area contributed by atoms with E-state index in [0.717, 1.165) is 5.69 Å². The van der Waals surface area contributed by atoms with Crippen LogP contribution in [0.25, 0.3) is 0 Å². The van der Waals surface area contributed by atoms with Gasteiger partial charge >= 0.3 is 0 Å². The molecule has 1 aromatic carbocycles. The summed E-state index contributed by atoms with van der Waals surface area (Å²) in [6.45, 7) is 6.27. The van der Waals surface area contributed by atoms with Gasteiger partial charge in [-0.15, -0.1) is 11.8 Å². The lowest BCUT2D eigenvalue weighted by atomic mass is 10.3. The van der Waals surface area contributed by atoms with Gasteiger partial charge in [-0.05, 0) is 24.3 Å². The van der Waals surface area contributed by atoms with Gasteiger partial charge in [0, 0.05) is 17.5 Å². The van der Waals surface area contributed by atoms with Gasteiger partial charge in [-0.3, -0.25) is 4.79 Å². The van der Waals surface area contributed by atoms with Gasteiger partial charge in [0.05, 0.1) is 5.75 Å². The summed E-state index contributed by atoms with van der Waals surface area (Å²) in [4.78, 5) is 13.5. The number of hydrogen-bond donors (Lipinski definition) is 1. The molecule has 0 unspecified atom stereocenters. The molecule has 0 spiro atoms. The number of carbonyl (C=O) groups is 1. The molecule has 94 valence electrons. The fourth-order valence-corrected chi connectivity index (χ4v) is 1.95. The number of amides is 1. The van der Waals surface area contributed by atoms with Crippen LogP contribution in [0.15, 0.2) is 24.3 Å². The maximum atomic E-state index is 11.9. The van der Waals surface area contributed by atoms with Crippen molar-refractivity contribution in [3.63, 3.8) is 0 Å². The van der Waals surface area contributed by atoms with Crippen molar-refractivity contribution in [3.05, 3.63) is 24.3 Å². The van der Waals surface area contributed by atoms with E-state index in [0.29, 0.717) is 5.75 Å². The second kappa shape index (κ2) is 5.45. The SMILES string of the molecule is CN(C(=O)CSC(C)(C)C)c1ccc(O)cc1. The van der Waals surface area contributed by atoms with Gasteiger partial charge in [0.2, 0.25) is 5.91 Å². The minimum atomic E-state index is 0.0654. The molecule has 0 saturated carbocycles. The Hall–Kier alpha value is -1.16. The van der Waals surface area contributed by atoms with Crippen LogP contribution in [0.5, 0.6) is 5.75 Å². The lowest BCUT2D eigenvalue weighted by Crippen LogP contribution is -2.29. The number of nitrogens with zero attached hydrogens (tertiary/aromatic N) is 1. The van der Waals surface area contributed by atoms with Crippen LogP contribution in [0.1, 0.15) is 20.8 Å². The maximum absolute atomic E-state index is 11.9. The van der Waals surface area contributed by atoms with E-state index in [9.17, 15) is 9.90 Å². The number of rotatable bonds is 3. The third-order valence-electron chi connectivity index (χ3n) is 2.24. The molecule has 3 nitrogen and oxygen atoms in total. The van der Waals surface area contributed by atoms with Crippen LogP contribution in [0, 0.1) is 0 Å². The molecule has 1 amide bonds. The molecule has 17 heavy (non-hydrogen) atoms. The van der Waals surface area contributed by atoms with E-state index in [-0.39, 0.29) is 16.4 Å². The highest BCUT2D eigenvalue weighted by Gasteiger charge is 2.16. The number of hydrogen-bond acceptors (Lipinski definition) is 3. The summed E-state index contributed by atoms with van der Waals surface area (Å²) in [6.07, 6.45) is 0. The highest BCUT2D eigenvalue weighted by Crippen LogP contribution is 2.24. The number of benzene rings is 1. The molecule has 0 fully saturated rings. The van der Waals surface area contributed by atoms with Crippen LogP contribution >= 0.6 is 11.8 Å². The predicted octanol–water partition coefficient (Wildman–Crippen LogP) is 2.89. The lowest BCUT2D eigenvalue weighted by molar-refractivity contribution is -0.115. The van der Waals surface area contributed by atoms with Gasteiger partial charge in [0.1, 0.15) is 5.75 Å². The quantitative estimate of drug-likeness (QED) is 0.900. The van der Waals surface area contributed by atoms with Crippen molar-refractivity contribution in [2.24, 2.45) is 0 Å². The maximum Gasteiger partial charge on any atom is 0.236 e. The molecular weight excluding hydrogens is 234 g/mol. The zero-order valence-electron chi connectivity index (χ0n) is 10.7. The predicted molar refractivity (Wildman–Crippen MR) is 73.7 cm³/mol. The number of carbonyl (C=O) groups excluding carboxylic acids is 1. The van der Waals surface area contributed by atoms with Crippen molar-refractivity contribution >= 4 is 23.4 Å². The molecule has 0 aliphatic heterocycles. The van der Waals surface area contributed by atoms with Crippen molar-refractivity contribution in [2.45, 2.75) is 25.5 Å². The average molecular weight is 253 g/mol. The highest BCUT2D eigenvalue weighted by molar-refractivity contribution is 8.01. The van der Waals surface area contributed by atoms with E-state index in [1.165, 1.54) is 0 Å². The molecule has 0 aromatic heterocycles. The van der Waals surface area contributed by atoms with Crippen molar-refractivity contribution in [3.8, 4) is 5.75 Å². The van der Waals surface area contributed by atoms with E-state index in [2.05, 4.69) is 20.8 Å². The molecule has 0 radical (unpaired) electrons. The molecule has 1 rings (SSSR count). The van der Waals surface area contributed by atoms with Crippen LogP contribution in [-0.4, -0.2) is 28.6 Å². The Labute approximate surface area is 107 Å². The largest absolute Gasteiger partial charge is 0.508 e. The Morgan fingerprint density at radius 2 is 1.82 bits per heavy atom. The van der Waals surface area contributed by atoms with Crippen molar-refractivity contribution in [1.29, 1.82) is 0 Å². The van der Waals surface area contributed by atoms with Crippen LogP contribution < -0.4 is 4.90 Å². The third-order valence-corrected chi connectivity index (χ3v) is 3.50. The minimum absolute atomic E-state index is 0.0654. The van der Waals surface area contributed by atoms with Gasteiger partial charge < -0.3 is 10.0 Å². The van der Waals surface area contributed by atoms with Gasteiger partial charge in [-0.25, -0.2) is 0 Å². The van der Waals surface area contributed by atoms with Gasteiger partial charge in [-0.1, -0.05) is 20.8 Å². The first kappa shape index (κ1) is 13.9. The molecule has 1 N–H and O–H groups in total. The first-order valence-electron chi connectivity index (χ1n) is 5.49.